The van der Waals surface area contributed by atoms with E-state index in [0.29, 0.717) is 52.6 Å². The van der Waals surface area contributed by atoms with E-state index >= 15 is 0 Å². The minimum absolute atomic E-state index is 0.190. The molecule has 0 spiro atoms. The molecule has 8 nitrogen and oxygen atoms in total. The maximum absolute atomic E-state index is 13.1. The molecular weight excluding hydrogens is 462 g/mol. The maximum atomic E-state index is 13.1. The lowest BCUT2D eigenvalue weighted by Gasteiger charge is -2.34. The lowest BCUT2D eigenvalue weighted by atomic mass is 9.94. The number of benzene rings is 2. The molecule has 0 unspecified atom stereocenters. The van der Waals surface area contributed by atoms with Gasteiger partial charge in [0, 0.05) is 18.7 Å². The molecule has 1 aliphatic rings. The van der Waals surface area contributed by atoms with Crippen molar-refractivity contribution in [2.24, 2.45) is 11.8 Å². The van der Waals surface area contributed by atoms with Gasteiger partial charge in [-0.2, -0.15) is 4.31 Å². The number of aromatic nitrogens is 1. The highest BCUT2D eigenvalue weighted by Crippen LogP contribution is 2.39. The van der Waals surface area contributed by atoms with Crippen molar-refractivity contribution in [1.82, 2.24) is 9.29 Å². The van der Waals surface area contributed by atoms with Crippen LogP contribution in [0.15, 0.2) is 41.3 Å². The van der Waals surface area contributed by atoms with E-state index in [1.54, 1.807) is 30.7 Å². The lowest BCUT2D eigenvalue weighted by Crippen LogP contribution is -2.42. The van der Waals surface area contributed by atoms with E-state index in [1.165, 1.54) is 35.6 Å². The average molecular weight is 490 g/mol. The number of fused-ring (bicyclic) bond motifs is 1. The molecule has 0 bridgehead atoms. The minimum Gasteiger partial charge on any atom is -0.495 e. The standard InChI is InChI=1S/C23H27N3O5S2/c1-14-11-15(2)13-26(12-14)33(28,29)17-7-5-16(6-8-17)22(27)25-23-24-20-18(30-3)9-10-19(31-4)21(20)32-23/h5-10,14-15H,11-13H2,1-4H3,(H,24,25,27)/t14-,15-/m0/s1. The number of rotatable bonds is 6. The Labute approximate surface area is 197 Å². The van der Waals surface area contributed by atoms with Crippen molar-refractivity contribution in [2.45, 2.75) is 25.2 Å². The molecular formula is C23H27N3O5S2. The van der Waals surface area contributed by atoms with E-state index in [0.717, 1.165) is 11.1 Å². The maximum Gasteiger partial charge on any atom is 0.257 e. The predicted octanol–water partition coefficient (Wildman–Crippen LogP) is 4.23. The third-order valence-electron chi connectivity index (χ3n) is 5.72. The molecule has 33 heavy (non-hydrogen) atoms. The molecule has 1 saturated heterocycles. The molecule has 1 amide bonds. The smallest absolute Gasteiger partial charge is 0.257 e. The number of carbonyl (C=O) groups is 1. The van der Waals surface area contributed by atoms with E-state index in [4.69, 9.17) is 9.47 Å². The molecule has 2 aromatic carbocycles. The molecule has 1 N–H and O–H groups in total. The van der Waals surface area contributed by atoms with E-state index in [9.17, 15) is 13.2 Å². The topological polar surface area (TPSA) is 97.8 Å². The molecule has 3 aromatic rings. The normalized spacial score (nSPS) is 19.4. The molecule has 176 valence electrons. The zero-order valence-corrected chi connectivity index (χ0v) is 20.6. The van der Waals surface area contributed by atoms with Gasteiger partial charge in [-0.25, -0.2) is 13.4 Å². The van der Waals surface area contributed by atoms with Gasteiger partial charge in [0.05, 0.1) is 19.1 Å². The summed E-state index contributed by atoms with van der Waals surface area (Å²) in [5.41, 5.74) is 0.941. The van der Waals surface area contributed by atoms with Crippen molar-refractivity contribution in [3.63, 3.8) is 0 Å². The summed E-state index contributed by atoms with van der Waals surface area (Å²) < 4.78 is 39.2. The van der Waals surface area contributed by atoms with Gasteiger partial charge in [0.1, 0.15) is 21.7 Å². The summed E-state index contributed by atoms with van der Waals surface area (Å²) in [7, 11) is -0.474. The van der Waals surface area contributed by atoms with Crippen LogP contribution in [-0.4, -0.2) is 50.9 Å². The van der Waals surface area contributed by atoms with Crippen LogP contribution in [0.25, 0.3) is 10.2 Å². The quantitative estimate of drug-likeness (QED) is 0.556. The summed E-state index contributed by atoms with van der Waals surface area (Å²) in [4.78, 5) is 17.4. The Morgan fingerprint density at radius 2 is 1.64 bits per heavy atom. The highest BCUT2D eigenvalue weighted by molar-refractivity contribution is 7.89. The van der Waals surface area contributed by atoms with Crippen molar-refractivity contribution < 1.29 is 22.7 Å². The number of anilines is 1. The summed E-state index contributed by atoms with van der Waals surface area (Å²) in [6.07, 6.45) is 1.02. The summed E-state index contributed by atoms with van der Waals surface area (Å²) in [5.74, 6) is 1.48. The number of piperidine rings is 1. The number of nitrogens with one attached hydrogen (secondary N) is 1. The highest BCUT2D eigenvalue weighted by atomic mass is 32.2. The summed E-state index contributed by atoms with van der Waals surface area (Å²) >= 11 is 1.28. The molecule has 0 aliphatic carbocycles. The SMILES string of the molecule is COc1ccc(OC)c2sc(NC(=O)c3ccc(S(=O)(=O)N4C[C@@H](C)C[C@H](C)C4)cc3)nc12. The van der Waals surface area contributed by atoms with Crippen LogP contribution in [0.1, 0.15) is 30.6 Å². The second-order valence-corrected chi connectivity index (χ2v) is 11.4. The first-order chi connectivity index (χ1) is 15.7. The fraction of sp³-hybridized carbons (Fsp3) is 0.391. The third kappa shape index (κ3) is 4.68. The highest BCUT2D eigenvalue weighted by Gasteiger charge is 2.31. The Kier molecular flexibility index (Phi) is 6.60. The van der Waals surface area contributed by atoms with Crippen molar-refractivity contribution in [3.05, 3.63) is 42.0 Å². The number of amides is 1. The zero-order valence-electron chi connectivity index (χ0n) is 19.0. The number of hydrogen-bond acceptors (Lipinski definition) is 7. The van der Waals surface area contributed by atoms with Crippen molar-refractivity contribution >= 4 is 42.6 Å². The van der Waals surface area contributed by atoms with Crippen molar-refractivity contribution in [3.8, 4) is 11.5 Å². The van der Waals surface area contributed by atoms with E-state index in [2.05, 4.69) is 24.1 Å². The van der Waals surface area contributed by atoms with Crippen LogP contribution in [0.2, 0.25) is 0 Å². The first-order valence-corrected chi connectivity index (χ1v) is 12.9. The van der Waals surface area contributed by atoms with E-state index in [-0.39, 0.29) is 10.8 Å². The van der Waals surface area contributed by atoms with Crippen LogP contribution >= 0.6 is 11.3 Å². The largest absolute Gasteiger partial charge is 0.495 e. The molecule has 1 aliphatic heterocycles. The molecule has 2 heterocycles. The molecule has 2 atom stereocenters. The Morgan fingerprint density at radius 3 is 2.24 bits per heavy atom. The Balaban J connectivity index is 1.53. The Hall–Kier alpha value is -2.69. The minimum atomic E-state index is -3.60. The van der Waals surface area contributed by atoms with Crippen LogP contribution in [0, 0.1) is 11.8 Å². The van der Waals surface area contributed by atoms with E-state index in [1.807, 2.05) is 0 Å². The van der Waals surface area contributed by atoms with Crippen molar-refractivity contribution in [1.29, 1.82) is 0 Å². The van der Waals surface area contributed by atoms with Gasteiger partial charge in [-0.05, 0) is 54.7 Å². The van der Waals surface area contributed by atoms with Gasteiger partial charge in [-0.3, -0.25) is 10.1 Å². The zero-order chi connectivity index (χ0) is 23.8. The molecule has 1 fully saturated rings. The summed E-state index contributed by atoms with van der Waals surface area (Å²) in [6, 6.07) is 9.56. The number of ether oxygens (including phenoxy) is 2. The summed E-state index contributed by atoms with van der Waals surface area (Å²) in [6.45, 7) is 5.16. The number of methoxy groups -OCH3 is 2. The van der Waals surface area contributed by atoms with E-state index < -0.39 is 10.0 Å². The second kappa shape index (κ2) is 9.28. The van der Waals surface area contributed by atoms with Crippen LogP contribution < -0.4 is 14.8 Å². The molecule has 0 radical (unpaired) electrons. The predicted molar refractivity (Wildman–Crippen MR) is 129 cm³/mol. The van der Waals surface area contributed by atoms with Gasteiger partial charge in [0.25, 0.3) is 5.91 Å². The van der Waals surface area contributed by atoms with Gasteiger partial charge < -0.3 is 9.47 Å². The van der Waals surface area contributed by atoms with Gasteiger partial charge in [-0.1, -0.05) is 25.2 Å². The van der Waals surface area contributed by atoms with Crippen LogP contribution in [0.5, 0.6) is 11.5 Å². The van der Waals surface area contributed by atoms with Gasteiger partial charge in [0.15, 0.2) is 5.13 Å². The Bertz CT molecular complexity index is 1220. The first-order valence-electron chi connectivity index (χ1n) is 10.7. The average Bonchev–Trinajstić information content (AvgIpc) is 3.21. The number of hydrogen-bond donors (Lipinski definition) is 1. The monoisotopic (exact) mass is 489 g/mol. The van der Waals surface area contributed by atoms with Crippen LogP contribution in [0.4, 0.5) is 5.13 Å². The number of nitrogens with zero attached hydrogens (tertiary/aromatic N) is 2. The number of thiazole rings is 1. The van der Waals surface area contributed by atoms with Crippen LogP contribution in [0.3, 0.4) is 0 Å². The van der Waals surface area contributed by atoms with Gasteiger partial charge in [0.2, 0.25) is 10.0 Å². The lowest BCUT2D eigenvalue weighted by molar-refractivity contribution is 0.102. The third-order valence-corrected chi connectivity index (χ3v) is 8.55. The first kappa shape index (κ1) is 23.5. The summed E-state index contributed by atoms with van der Waals surface area (Å²) in [5, 5.41) is 3.18. The van der Waals surface area contributed by atoms with Gasteiger partial charge >= 0.3 is 0 Å². The molecule has 1 aromatic heterocycles. The fourth-order valence-corrected chi connectivity index (χ4v) is 6.89. The Morgan fingerprint density at radius 1 is 1.03 bits per heavy atom. The second-order valence-electron chi connectivity index (χ2n) is 8.41. The molecule has 0 saturated carbocycles. The van der Waals surface area contributed by atoms with Crippen molar-refractivity contribution in [2.75, 3.05) is 32.6 Å². The molecule has 4 rings (SSSR count). The molecule has 10 heteroatoms. The van der Waals surface area contributed by atoms with Gasteiger partial charge in [-0.15, -0.1) is 0 Å². The number of sulfonamides is 1. The fourth-order valence-electron chi connectivity index (χ4n) is 4.24. The van der Waals surface area contributed by atoms with Crippen LogP contribution in [-0.2, 0) is 10.0 Å². The number of carbonyl (C=O) groups excluding carboxylic acids is 1.